The normalized spacial score (nSPS) is 10.5. The summed E-state index contributed by atoms with van der Waals surface area (Å²) < 4.78 is 1.63. The number of nitro groups is 1. The minimum absolute atomic E-state index is 0.0832. The minimum atomic E-state index is -0.392. The summed E-state index contributed by atoms with van der Waals surface area (Å²) in [4.78, 5) is 14.7. The number of nitrogens with one attached hydrogen (secondary N) is 1. The zero-order chi connectivity index (χ0) is 14.0. The molecule has 2 heterocycles. The molecule has 0 amide bonds. The lowest BCUT2D eigenvalue weighted by atomic mass is 10.2. The summed E-state index contributed by atoms with van der Waals surface area (Å²) in [7, 11) is 1.80. The summed E-state index contributed by atoms with van der Waals surface area (Å²) >= 11 is 0. The van der Waals surface area contributed by atoms with Gasteiger partial charge in [-0.1, -0.05) is 6.07 Å². The Hall–Kier alpha value is -2.44. The van der Waals surface area contributed by atoms with Crippen LogP contribution in [0.4, 0.5) is 11.5 Å². The third kappa shape index (κ3) is 2.54. The van der Waals surface area contributed by atoms with Gasteiger partial charge < -0.3 is 5.32 Å². The third-order valence-electron chi connectivity index (χ3n) is 2.94. The van der Waals surface area contributed by atoms with Crippen LogP contribution in [0.3, 0.4) is 0 Å². The molecule has 0 saturated carbocycles. The lowest BCUT2D eigenvalue weighted by Crippen LogP contribution is -2.05. The highest BCUT2D eigenvalue weighted by molar-refractivity contribution is 5.40. The number of nitrogens with zero attached hydrogens (tertiary/aromatic N) is 4. The molecule has 1 N–H and O–H groups in total. The summed E-state index contributed by atoms with van der Waals surface area (Å²) in [6, 6.07) is 3.77. The lowest BCUT2D eigenvalue weighted by molar-refractivity contribution is -0.386. The van der Waals surface area contributed by atoms with Gasteiger partial charge in [-0.25, -0.2) is 4.98 Å². The van der Waals surface area contributed by atoms with Gasteiger partial charge in [-0.15, -0.1) is 0 Å². The van der Waals surface area contributed by atoms with Crippen LogP contribution in [-0.4, -0.2) is 26.7 Å². The second-order valence-corrected chi connectivity index (χ2v) is 4.24. The molecule has 2 rings (SSSR count). The first-order chi connectivity index (χ1) is 9.02. The van der Waals surface area contributed by atoms with Gasteiger partial charge in [0, 0.05) is 13.2 Å². The topological polar surface area (TPSA) is 85.9 Å². The van der Waals surface area contributed by atoms with Gasteiger partial charge in [0.2, 0.25) is 0 Å². The molecule has 2 aromatic heterocycles. The summed E-state index contributed by atoms with van der Waals surface area (Å²) in [5.41, 5.74) is 2.02. The predicted octanol–water partition coefficient (Wildman–Crippen LogP) is 1.89. The van der Waals surface area contributed by atoms with Crippen molar-refractivity contribution in [2.75, 3.05) is 12.4 Å². The predicted molar refractivity (Wildman–Crippen MR) is 71.2 cm³/mol. The van der Waals surface area contributed by atoms with Gasteiger partial charge in [-0.3, -0.25) is 14.8 Å². The number of aromatic nitrogens is 3. The molecule has 2 aromatic rings. The second kappa shape index (κ2) is 5.05. The van der Waals surface area contributed by atoms with Crippen molar-refractivity contribution in [3.63, 3.8) is 0 Å². The number of pyridine rings is 1. The van der Waals surface area contributed by atoms with Crippen LogP contribution in [-0.2, 0) is 6.54 Å². The minimum Gasteiger partial charge on any atom is -0.373 e. The molecule has 0 radical (unpaired) electrons. The molecule has 0 atom stereocenters. The fraction of sp³-hybridized carbons (Fsp3) is 0.333. The molecule has 7 heteroatoms. The number of hydrogen-bond acceptors (Lipinski definition) is 5. The first kappa shape index (κ1) is 13.0. The van der Waals surface area contributed by atoms with Crippen LogP contribution in [0.1, 0.15) is 17.0 Å². The average Bonchev–Trinajstić information content (AvgIpc) is 2.65. The van der Waals surface area contributed by atoms with Gasteiger partial charge in [0.25, 0.3) is 0 Å². The summed E-state index contributed by atoms with van der Waals surface area (Å²) in [5.74, 6) is 0.781. The quantitative estimate of drug-likeness (QED) is 0.671. The van der Waals surface area contributed by atoms with Crippen LogP contribution in [0.15, 0.2) is 18.3 Å². The molecule has 0 aliphatic rings. The molecule has 0 aromatic carbocycles. The summed E-state index contributed by atoms with van der Waals surface area (Å²) in [5, 5.41) is 18.1. The van der Waals surface area contributed by atoms with Crippen molar-refractivity contribution in [2.24, 2.45) is 0 Å². The number of hydrogen-bond donors (Lipinski definition) is 1. The van der Waals surface area contributed by atoms with Gasteiger partial charge in [0.05, 0.1) is 11.5 Å². The second-order valence-electron chi connectivity index (χ2n) is 4.24. The van der Waals surface area contributed by atoms with Gasteiger partial charge >= 0.3 is 5.69 Å². The van der Waals surface area contributed by atoms with E-state index in [1.54, 1.807) is 31.8 Å². The molecule has 0 aliphatic carbocycles. The molecule has 0 unspecified atom stereocenters. The van der Waals surface area contributed by atoms with Gasteiger partial charge in [-0.05, 0) is 25.5 Å². The summed E-state index contributed by atoms with van der Waals surface area (Å²) in [6.07, 6.45) is 1.73. The first-order valence-electron chi connectivity index (χ1n) is 5.84. The van der Waals surface area contributed by atoms with Crippen LogP contribution in [0.25, 0.3) is 0 Å². The fourth-order valence-electron chi connectivity index (χ4n) is 1.94. The number of aryl methyl sites for hydroxylation is 1. The Morgan fingerprint density at radius 2 is 2.16 bits per heavy atom. The average molecular weight is 261 g/mol. The van der Waals surface area contributed by atoms with E-state index < -0.39 is 4.92 Å². The highest BCUT2D eigenvalue weighted by atomic mass is 16.6. The van der Waals surface area contributed by atoms with Crippen molar-refractivity contribution in [2.45, 2.75) is 20.4 Å². The molecule has 100 valence electrons. The van der Waals surface area contributed by atoms with Gasteiger partial charge in [0.15, 0.2) is 0 Å². The van der Waals surface area contributed by atoms with Gasteiger partial charge in [0.1, 0.15) is 17.2 Å². The van der Waals surface area contributed by atoms with Crippen LogP contribution in [0, 0.1) is 24.0 Å². The molecule has 7 nitrogen and oxygen atoms in total. The number of anilines is 1. The van der Waals surface area contributed by atoms with E-state index in [2.05, 4.69) is 15.4 Å². The van der Waals surface area contributed by atoms with E-state index in [1.165, 1.54) is 0 Å². The van der Waals surface area contributed by atoms with Crippen LogP contribution in [0.5, 0.6) is 0 Å². The highest BCUT2D eigenvalue weighted by Gasteiger charge is 2.21. The maximum absolute atomic E-state index is 10.9. The molecule has 0 bridgehead atoms. The van der Waals surface area contributed by atoms with E-state index in [-0.39, 0.29) is 5.69 Å². The van der Waals surface area contributed by atoms with E-state index in [0.29, 0.717) is 17.9 Å². The van der Waals surface area contributed by atoms with E-state index in [9.17, 15) is 10.1 Å². The smallest absolute Gasteiger partial charge is 0.312 e. The van der Waals surface area contributed by atoms with Crippen LogP contribution >= 0.6 is 0 Å². The van der Waals surface area contributed by atoms with Crippen LogP contribution in [0.2, 0.25) is 0 Å². The zero-order valence-corrected chi connectivity index (χ0v) is 11.0. The Morgan fingerprint density at radius 3 is 2.63 bits per heavy atom. The molecular weight excluding hydrogens is 246 g/mol. The van der Waals surface area contributed by atoms with Crippen molar-refractivity contribution in [1.82, 2.24) is 14.8 Å². The Morgan fingerprint density at radius 1 is 1.42 bits per heavy atom. The molecule has 19 heavy (non-hydrogen) atoms. The molecular formula is C12H15N5O2. The van der Waals surface area contributed by atoms with E-state index in [0.717, 1.165) is 11.4 Å². The Kier molecular flexibility index (Phi) is 3.46. The monoisotopic (exact) mass is 261 g/mol. The van der Waals surface area contributed by atoms with Gasteiger partial charge in [-0.2, -0.15) is 5.10 Å². The lowest BCUT2D eigenvalue weighted by Gasteiger charge is -2.04. The molecule has 0 fully saturated rings. The Labute approximate surface area is 110 Å². The first-order valence-corrected chi connectivity index (χ1v) is 5.84. The van der Waals surface area contributed by atoms with Crippen molar-refractivity contribution in [1.29, 1.82) is 0 Å². The van der Waals surface area contributed by atoms with E-state index >= 15 is 0 Å². The Bertz CT molecular complexity index is 603. The maximum Gasteiger partial charge on any atom is 0.312 e. The van der Waals surface area contributed by atoms with Crippen molar-refractivity contribution < 1.29 is 4.92 Å². The highest BCUT2D eigenvalue weighted by Crippen LogP contribution is 2.22. The van der Waals surface area contributed by atoms with E-state index in [4.69, 9.17) is 0 Å². The fourth-order valence-corrected chi connectivity index (χ4v) is 1.94. The molecule has 0 saturated heterocycles. The standard InChI is InChI=1S/C12H15N5O2/c1-8-12(17(18)19)9(2)16(15-8)7-10-4-5-11(13-3)14-6-10/h4-6H,7H2,1-3H3,(H,13,14). The summed E-state index contributed by atoms with van der Waals surface area (Å²) in [6.45, 7) is 3.81. The Balaban J connectivity index is 2.28. The maximum atomic E-state index is 10.9. The van der Waals surface area contributed by atoms with Crippen molar-refractivity contribution >= 4 is 11.5 Å². The molecule has 0 spiro atoms. The van der Waals surface area contributed by atoms with Crippen molar-refractivity contribution in [3.8, 4) is 0 Å². The SMILES string of the molecule is CNc1ccc(Cn2nc(C)c([N+](=O)[O-])c2C)cn1. The van der Waals surface area contributed by atoms with Crippen molar-refractivity contribution in [3.05, 3.63) is 45.4 Å². The largest absolute Gasteiger partial charge is 0.373 e. The number of rotatable bonds is 4. The zero-order valence-electron chi connectivity index (χ0n) is 11.0. The van der Waals surface area contributed by atoms with Crippen LogP contribution < -0.4 is 5.32 Å². The van der Waals surface area contributed by atoms with E-state index in [1.807, 2.05) is 12.1 Å². The third-order valence-corrected chi connectivity index (χ3v) is 2.94. The molecule has 0 aliphatic heterocycles.